The Morgan fingerprint density at radius 1 is 1.43 bits per heavy atom. The number of hydrogen-bond donors (Lipinski definition) is 2. The number of piperidine rings is 1. The van der Waals surface area contributed by atoms with Crippen molar-refractivity contribution in [1.82, 2.24) is 10.2 Å². The summed E-state index contributed by atoms with van der Waals surface area (Å²) in [4.78, 5) is 13.7. The summed E-state index contributed by atoms with van der Waals surface area (Å²) in [6.45, 7) is 7.49. The lowest BCUT2D eigenvalue weighted by Crippen LogP contribution is -2.45. The van der Waals surface area contributed by atoms with Gasteiger partial charge in [0.2, 0.25) is 5.91 Å². The number of hydrogen-bond acceptors (Lipinski definition) is 3. The van der Waals surface area contributed by atoms with E-state index in [4.69, 9.17) is 5.73 Å². The Balaban J connectivity index is 2.01. The van der Waals surface area contributed by atoms with Gasteiger partial charge in [0.25, 0.3) is 0 Å². The Morgan fingerprint density at radius 2 is 2.24 bits per heavy atom. The molecule has 1 saturated heterocycles. The second-order valence-corrected chi connectivity index (χ2v) is 6.23. The molecular formula is C17H27N3O. The van der Waals surface area contributed by atoms with Crippen molar-refractivity contribution in [1.29, 1.82) is 0 Å². The van der Waals surface area contributed by atoms with E-state index in [0.717, 1.165) is 25.2 Å². The zero-order chi connectivity index (χ0) is 15.2. The topological polar surface area (TPSA) is 58.4 Å². The lowest BCUT2D eigenvalue weighted by atomic mass is 10.0. The molecule has 2 rings (SSSR count). The summed E-state index contributed by atoms with van der Waals surface area (Å²) in [6, 6.07) is 8.72. The standard InChI is InChI=1S/C17H27N3O/c1-13(2)20(12-16-8-3-4-9-19-16)11-14-6-5-7-15(10-14)17(18)21/h5-7,10,13,16,19H,3-4,8-9,11-12H2,1-2H3,(H2,18,21). The summed E-state index contributed by atoms with van der Waals surface area (Å²) >= 11 is 0. The summed E-state index contributed by atoms with van der Waals surface area (Å²) < 4.78 is 0. The fraction of sp³-hybridized carbons (Fsp3) is 0.588. The van der Waals surface area contributed by atoms with Crippen molar-refractivity contribution in [2.75, 3.05) is 13.1 Å². The summed E-state index contributed by atoms with van der Waals surface area (Å²) in [5.41, 5.74) is 7.10. The van der Waals surface area contributed by atoms with Crippen LogP contribution in [0.3, 0.4) is 0 Å². The Morgan fingerprint density at radius 3 is 2.86 bits per heavy atom. The van der Waals surface area contributed by atoms with Gasteiger partial charge in [0, 0.05) is 30.7 Å². The van der Waals surface area contributed by atoms with Gasteiger partial charge in [0.05, 0.1) is 0 Å². The average molecular weight is 289 g/mol. The van der Waals surface area contributed by atoms with Crippen molar-refractivity contribution in [2.24, 2.45) is 5.73 Å². The molecule has 21 heavy (non-hydrogen) atoms. The molecule has 0 saturated carbocycles. The van der Waals surface area contributed by atoms with Crippen LogP contribution >= 0.6 is 0 Å². The Hall–Kier alpha value is -1.39. The Kier molecular flexibility index (Phi) is 5.76. The summed E-state index contributed by atoms with van der Waals surface area (Å²) in [5, 5.41) is 3.60. The summed E-state index contributed by atoms with van der Waals surface area (Å²) in [5.74, 6) is -0.359. The van der Waals surface area contributed by atoms with Crippen molar-refractivity contribution >= 4 is 5.91 Å². The van der Waals surface area contributed by atoms with Crippen LogP contribution < -0.4 is 11.1 Å². The highest BCUT2D eigenvalue weighted by molar-refractivity contribution is 5.92. The number of nitrogens with two attached hydrogens (primary N) is 1. The Bertz CT molecular complexity index is 467. The Labute approximate surface area is 127 Å². The molecule has 1 heterocycles. The third kappa shape index (κ3) is 4.83. The first-order valence-electron chi connectivity index (χ1n) is 7.92. The predicted molar refractivity (Wildman–Crippen MR) is 86.1 cm³/mol. The SMILES string of the molecule is CC(C)N(Cc1cccc(C(N)=O)c1)CC1CCCCN1. The lowest BCUT2D eigenvalue weighted by Gasteiger charge is -2.33. The molecular weight excluding hydrogens is 262 g/mol. The fourth-order valence-corrected chi connectivity index (χ4v) is 2.88. The number of primary amides is 1. The van der Waals surface area contributed by atoms with Gasteiger partial charge < -0.3 is 11.1 Å². The third-order valence-corrected chi connectivity index (χ3v) is 4.19. The first kappa shape index (κ1) is 16.0. The molecule has 1 amide bonds. The number of benzene rings is 1. The lowest BCUT2D eigenvalue weighted by molar-refractivity contribution is 0.1000. The highest BCUT2D eigenvalue weighted by Gasteiger charge is 2.19. The van der Waals surface area contributed by atoms with Crippen molar-refractivity contribution in [2.45, 2.75) is 51.7 Å². The van der Waals surface area contributed by atoms with Crippen molar-refractivity contribution < 1.29 is 4.79 Å². The van der Waals surface area contributed by atoms with Gasteiger partial charge in [-0.05, 0) is 50.9 Å². The monoisotopic (exact) mass is 289 g/mol. The van der Waals surface area contributed by atoms with Crippen molar-refractivity contribution in [3.05, 3.63) is 35.4 Å². The van der Waals surface area contributed by atoms with Gasteiger partial charge in [-0.1, -0.05) is 18.6 Å². The molecule has 0 aliphatic carbocycles. The molecule has 4 heteroatoms. The fourth-order valence-electron chi connectivity index (χ4n) is 2.88. The molecule has 1 aromatic rings. The van der Waals surface area contributed by atoms with Crippen molar-refractivity contribution in [3.8, 4) is 0 Å². The highest BCUT2D eigenvalue weighted by Crippen LogP contribution is 2.14. The number of carbonyl (C=O) groups excluding carboxylic acids is 1. The van der Waals surface area contributed by atoms with Crippen LogP contribution in [0.5, 0.6) is 0 Å². The van der Waals surface area contributed by atoms with Gasteiger partial charge in [-0.25, -0.2) is 0 Å². The average Bonchev–Trinajstić information content (AvgIpc) is 2.48. The van der Waals surface area contributed by atoms with E-state index >= 15 is 0 Å². The molecule has 0 bridgehead atoms. The molecule has 116 valence electrons. The van der Waals surface area contributed by atoms with E-state index in [1.165, 1.54) is 19.3 Å². The number of amides is 1. The molecule has 0 aromatic heterocycles. The molecule has 0 radical (unpaired) electrons. The van der Waals surface area contributed by atoms with E-state index in [0.29, 0.717) is 17.6 Å². The third-order valence-electron chi connectivity index (χ3n) is 4.19. The molecule has 1 aliphatic rings. The van der Waals surface area contributed by atoms with Gasteiger partial charge in [-0.3, -0.25) is 9.69 Å². The molecule has 1 unspecified atom stereocenters. The zero-order valence-corrected chi connectivity index (χ0v) is 13.1. The summed E-state index contributed by atoms with van der Waals surface area (Å²) in [6.07, 6.45) is 3.87. The molecule has 3 N–H and O–H groups in total. The highest BCUT2D eigenvalue weighted by atomic mass is 16.1. The zero-order valence-electron chi connectivity index (χ0n) is 13.1. The van der Waals surface area contributed by atoms with Crippen LogP contribution in [0.25, 0.3) is 0 Å². The van der Waals surface area contributed by atoms with Crippen LogP contribution in [0.4, 0.5) is 0 Å². The first-order valence-corrected chi connectivity index (χ1v) is 7.92. The minimum absolute atomic E-state index is 0.359. The van der Waals surface area contributed by atoms with Gasteiger partial charge >= 0.3 is 0 Å². The molecule has 1 fully saturated rings. The van der Waals surface area contributed by atoms with Crippen molar-refractivity contribution in [3.63, 3.8) is 0 Å². The summed E-state index contributed by atoms with van der Waals surface area (Å²) in [7, 11) is 0. The van der Waals surface area contributed by atoms with E-state index in [9.17, 15) is 4.79 Å². The van der Waals surface area contributed by atoms with E-state index in [1.807, 2.05) is 12.1 Å². The number of rotatable bonds is 6. The molecule has 0 spiro atoms. The van der Waals surface area contributed by atoms with Crippen LogP contribution in [-0.2, 0) is 6.54 Å². The maximum absolute atomic E-state index is 11.3. The van der Waals surface area contributed by atoms with Crippen LogP contribution in [0, 0.1) is 0 Å². The largest absolute Gasteiger partial charge is 0.366 e. The van der Waals surface area contributed by atoms with Crippen LogP contribution in [-0.4, -0.2) is 36.0 Å². The number of nitrogens with one attached hydrogen (secondary N) is 1. The smallest absolute Gasteiger partial charge is 0.248 e. The van der Waals surface area contributed by atoms with Crippen LogP contribution in [0.2, 0.25) is 0 Å². The van der Waals surface area contributed by atoms with Gasteiger partial charge in [0.15, 0.2) is 0 Å². The van der Waals surface area contributed by atoms with E-state index < -0.39 is 0 Å². The van der Waals surface area contributed by atoms with E-state index in [2.05, 4.69) is 30.1 Å². The number of carbonyl (C=O) groups is 1. The van der Waals surface area contributed by atoms with Gasteiger partial charge in [0.1, 0.15) is 0 Å². The maximum Gasteiger partial charge on any atom is 0.248 e. The molecule has 1 aromatic carbocycles. The van der Waals surface area contributed by atoms with Gasteiger partial charge in [-0.15, -0.1) is 0 Å². The second kappa shape index (κ2) is 7.57. The van der Waals surface area contributed by atoms with E-state index in [1.54, 1.807) is 6.07 Å². The normalized spacial score (nSPS) is 19.1. The number of nitrogens with zero attached hydrogens (tertiary/aromatic N) is 1. The first-order chi connectivity index (χ1) is 10.1. The minimum Gasteiger partial charge on any atom is -0.366 e. The second-order valence-electron chi connectivity index (χ2n) is 6.23. The molecule has 1 atom stereocenters. The maximum atomic E-state index is 11.3. The molecule has 1 aliphatic heterocycles. The van der Waals surface area contributed by atoms with Crippen LogP contribution in [0.1, 0.15) is 49.0 Å². The molecule has 4 nitrogen and oxygen atoms in total. The predicted octanol–water partition coefficient (Wildman–Crippen LogP) is 2.14. The van der Waals surface area contributed by atoms with E-state index in [-0.39, 0.29) is 5.91 Å². The minimum atomic E-state index is -0.359. The van der Waals surface area contributed by atoms with Gasteiger partial charge in [-0.2, -0.15) is 0 Å². The quantitative estimate of drug-likeness (QED) is 0.843. The van der Waals surface area contributed by atoms with Crippen LogP contribution in [0.15, 0.2) is 24.3 Å².